The maximum atomic E-state index is 12.5. The number of nitrogens with zero attached hydrogens (tertiary/aromatic N) is 2. The van der Waals surface area contributed by atoms with Crippen molar-refractivity contribution in [2.45, 2.75) is 6.54 Å². The van der Waals surface area contributed by atoms with Crippen LogP contribution >= 0.6 is 34.4 Å². The zero-order valence-corrected chi connectivity index (χ0v) is 16.1. The predicted molar refractivity (Wildman–Crippen MR) is 105 cm³/mol. The van der Waals surface area contributed by atoms with Crippen molar-refractivity contribution in [1.82, 2.24) is 4.90 Å². The largest absolute Gasteiger partial charge is 0.502 e. The summed E-state index contributed by atoms with van der Waals surface area (Å²) in [6, 6.07) is 11.2. The number of imide groups is 1. The second-order valence-corrected chi connectivity index (χ2v) is 7.64. The maximum absolute atomic E-state index is 12.5. The molecule has 0 atom stereocenters. The lowest BCUT2D eigenvalue weighted by Gasteiger charge is -2.12. The van der Waals surface area contributed by atoms with E-state index in [4.69, 9.17) is 0 Å². The Morgan fingerprint density at radius 3 is 2.54 bits per heavy atom. The topological polar surface area (TPSA) is 101 Å². The SMILES string of the molecule is O=C1S/C(=C/c2ccc(O)c([N+](=O)[O-])c2)C(=O)N1Cc1ccc(I)cc1. The first-order valence-corrected chi connectivity index (χ1v) is 9.22. The number of phenols is 1. The Morgan fingerprint density at radius 2 is 1.88 bits per heavy atom. The summed E-state index contributed by atoms with van der Waals surface area (Å²) in [4.78, 5) is 36.2. The molecule has 0 unspecified atom stereocenters. The molecule has 2 aromatic rings. The van der Waals surface area contributed by atoms with Crippen LogP contribution in [0.4, 0.5) is 10.5 Å². The molecule has 1 aliphatic heterocycles. The van der Waals surface area contributed by atoms with E-state index in [-0.39, 0.29) is 11.4 Å². The van der Waals surface area contributed by atoms with E-state index in [1.165, 1.54) is 18.2 Å². The van der Waals surface area contributed by atoms with Gasteiger partial charge in [0.2, 0.25) is 0 Å². The molecule has 0 saturated carbocycles. The van der Waals surface area contributed by atoms with Gasteiger partial charge in [-0.2, -0.15) is 0 Å². The predicted octanol–water partition coefficient (Wildman–Crippen LogP) is 4.14. The molecule has 0 aliphatic carbocycles. The number of hydrogen-bond acceptors (Lipinski definition) is 6. The minimum atomic E-state index is -0.713. The van der Waals surface area contributed by atoms with Gasteiger partial charge in [-0.05, 0) is 69.8 Å². The van der Waals surface area contributed by atoms with Crippen molar-refractivity contribution in [3.63, 3.8) is 0 Å². The van der Waals surface area contributed by atoms with Crippen LogP contribution in [0.1, 0.15) is 11.1 Å². The van der Waals surface area contributed by atoms with Crippen LogP contribution in [0.5, 0.6) is 5.75 Å². The fraction of sp³-hybridized carbons (Fsp3) is 0.0588. The van der Waals surface area contributed by atoms with E-state index >= 15 is 0 Å². The fourth-order valence-corrected chi connectivity index (χ4v) is 3.53. The molecule has 26 heavy (non-hydrogen) atoms. The van der Waals surface area contributed by atoms with Gasteiger partial charge in [0.15, 0.2) is 5.75 Å². The molecular weight excluding hydrogens is 471 g/mol. The number of nitro groups is 1. The number of hydrogen-bond donors (Lipinski definition) is 1. The first kappa shape index (κ1) is 18.4. The molecule has 7 nitrogen and oxygen atoms in total. The number of carbonyl (C=O) groups excluding carboxylic acids is 2. The van der Waals surface area contributed by atoms with Crippen LogP contribution in [-0.4, -0.2) is 26.1 Å². The lowest BCUT2D eigenvalue weighted by molar-refractivity contribution is -0.385. The minimum absolute atomic E-state index is 0.161. The Labute approximate surface area is 166 Å². The summed E-state index contributed by atoms with van der Waals surface area (Å²) >= 11 is 2.95. The van der Waals surface area contributed by atoms with E-state index in [0.29, 0.717) is 5.56 Å². The monoisotopic (exact) mass is 482 g/mol. The molecule has 0 bridgehead atoms. The second kappa shape index (κ2) is 7.46. The molecule has 9 heteroatoms. The van der Waals surface area contributed by atoms with Gasteiger partial charge in [0.25, 0.3) is 11.1 Å². The van der Waals surface area contributed by atoms with Crippen molar-refractivity contribution < 1.29 is 19.6 Å². The summed E-state index contributed by atoms with van der Waals surface area (Å²) in [7, 11) is 0. The molecule has 1 saturated heterocycles. The molecule has 0 aromatic heterocycles. The van der Waals surface area contributed by atoms with Crippen LogP contribution in [0.25, 0.3) is 6.08 Å². The Morgan fingerprint density at radius 1 is 1.19 bits per heavy atom. The van der Waals surface area contributed by atoms with Crippen LogP contribution < -0.4 is 0 Å². The molecule has 1 fully saturated rings. The standard InChI is InChI=1S/C17H11IN2O5S/c18-12-4-1-10(2-5-12)9-19-16(22)15(26-17(19)23)8-11-3-6-14(21)13(7-11)20(24)25/h1-8,21H,9H2/b15-8+. The fourth-order valence-electron chi connectivity index (χ4n) is 2.34. The number of aromatic hydroxyl groups is 1. The van der Waals surface area contributed by atoms with Crippen molar-refractivity contribution in [2.75, 3.05) is 0 Å². The normalized spacial score (nSPS) is 15.7. The first-order valence-electron chi connectivity index (χ1n) is 7.32. The molecule has 3 rings (SSSR count). The lowest BCUT2D eigenvalue weighted by atomic mass is 10.1. The Bertz CT molecular complexity index is 943. The van der Waals surface area contributed by atoms with E-state index in [0.717, 1.165) is 31.9 Å². The Hall–Kier alpha value is -2.40. The summed E-state index contributed by atoms with van der Waals surface area (Å²) in [6.07, 6.45) is 1.41. The lowest BCUT2D eigenvalue weighted by Crippen LogP contribution is -2.27. The molecule has 1 N–H and O–H groups in total. The van der Waals surface area contributed by atoms with Crippen LogP contribution in [0.15, 0.2) is 47.4 Å². The molecule has 2 aromatic carbocycles. The minimum Gasteiger partial charge on any atom is -0.502 e. The number of rotatable bonds is 4. The average Bonchev–Trinajstić information content (AvgIpc) is 2.85. The number of nitro benzene ring substituents is 1. The summed E-state index contributed by atoms with van der Waals surface area (Å²) < 4.78 is 1.05. The van der Waals surface area contributed by atoms with Crippen LogP contribution in [0, 0.1) is 13.7 Å². The number of carbonyl (C=O) groups is 2. The molecule has 2 amide bonds. The highest BCUT2D eigenvalue weighted by molar-refractivity contribution is 14.1. The van der Waals surface area contributed by atoms with E-state index < -0.39 is 27.5 Å². The third-order valence-electron chi connectivity index (χ3n) is 3.62. The zero-order chi connectivity index (χ0) is 18.8. The van der Waals surface area contributed by atoms with Gasteiger partial charge in [0.1, 0.15) is 0 Å². The van der Waals surface area contributed by atoms with E-state index in [1.807, 2.05) is 24.3 Å². The summed E-state index contributed by atoms with van der Waals surface area (Å²) in [6.45, 7) is 0.161. The van der Waals surface area contributed by atoms with Crippen LogP contribution in [-0.2, 0) is 11.3 Å². The van der Waals surface area contributed by atoms with Crippen molar-refractivity contribution in [1.29, 1.82) is 0 Å². The number of phenolic OH excluding ortho intramolecular Hbond substituents is 1. The van der Waals surface area contributed by atoms with Gasteiger partial charge in [0.05, 0.1) is 16.4 Å². The highest BCUT2D eigenvalue weighted by atomic mass is 127. The third-order valence-corrected chi connectivity index (χ3v) is 5.25. The number of halogens is 1. The van der Waals surface area contributed by atoms with Crippen LogP contribution in [0.2, 0.25) is 0 Å². The second-order valence-electron chi connectivity index (χ2n) is 5.40. The van der Waals surface area contributed by atoms with Crippen molar-refractivity contribution in [3.8, 4) is 5.75 Å². The van der Waals surface area contributed by atoms with Crippen molar-refractivity contribution in [3.05, 3.63) is 72.2 Å². The van der Waals surface area contributed by atoms with Gasteiger partial charge in [0, 0.05) is 9.64 Å². The molecule has 1 heterocycles. The first-order chi connectivity index (χ1) is 12.3. The quantitative estimate of drug-likeness (QED) is 0.304. The summed E-state index contributed by atoms with van der Waals surface area (Å²) in [5.41, 5.74) is 0.723. The van der Waals surface area contributed by atoms with Gasteiger partial charge in [-0.15, -0.1) is 0 Å². The number of benzene rings is 2. The van der Waals surface area contributed by atoms with E-state index in [9.17, 15) is 24.8 Å². The van der Waals surface area contributed by atoms with E-state index in [2.05, 4.69) is 22.6 Å². The molecule has 1 aliphatic rings. The van der Waals surface area contributed by atoms with E-state index in [1.54, 1.807) is 0 Å². The van der Waals surface area contributed by atoms with Gasteiger partial charge in [-0.1, -0.05) is 18.2 Å². The average molecular weight is 482 g/mol. The van der Waals surface area contributed by atoms with Gasteiger partial charge in [-0.25, -0.2) is 0 Å². The Balaban J connectivity index is 1.84. The maximum Gasteiger partial charge on any atom is 0.311 e. The molecule has 132 valence electrons. The Kier molecular flexibility index (Phi) is 5.28. The molecule has 0 spiro atoms. The third kappa shape index (κ3) is 3.88. The van der Waals surface area contributed by atoms with Crippen LogP contribution in [0.3, 0.4) is 0 Å². The number of thioether (sulfide) groups is 1. The summed E-state index contributed by atoms with van der Waals surface area (Å²) in [5.74, 6) is -0.909. The highest BCUT2D eigenvalue weighted by Gasteiger charge is 2.35. The van der Waals surface area contributed by atoms with Gasteiger partial charge >= 0.3 is 5.69 Å². The number of amides is 2. The molecule has 0 radical (unpaired) electrons. The summed E-state index contributed by atoms with van der Waals surface area (Å²) in [5, 5.41) is 20.0. The van der Waals surface area contributed by atoms with Crippen molar-refractivity contribution in [2.24, 2.45) is 0 Å². The van der Waals surface area contributed by atoms with Gasteiger partial charge in [-0.3, -0.25) is 24.6 Å². The molecular formula is C17H11IN2O5S. The zero-order valence-electron chi connectivity index (χ0n) is 13.1. The van der Waals surface area contributed by atoms with Crippen molar-refractivity contribution >= 4 is 57.3 Å². The highest BCUT2D eigenvalue weighted by Crippen LogP contribution is 2.34. The van der Waals surface area contributed by atoms with Gasteiger partial charge < -0.3 is 5.11 Å². The smallest absolute Gasteiger partial charge is 0.311 e.